The smallest absolute Gasteiger partial charge is 0.336 e. The van der Waals surface area contributed by atoms with Crippen molar-refractivity contribution in [3.63, 3.8) is 0 Å². The number of hydrogen-bond donors (Lipinski definition) is 1. The van der Waals surface area contributed by atoms with Crippen molar-refractivity contribution in [1.82, 2.24) is 4.90 Å². The zero-order chi connectivity index (χ0) is 17.0. The topological polar surface area (TPSA) is 94.5 Å². The molecule has 6 nitrogen and oxygen atoms in total. The minimum atomic E-state index is -1.06. The average Bonchev–Trinajstić information content (AvgIpc) is 3.00. The van der Waals surface area contributed by atoms with Crippen LogP contribution in [0.3, 0.4) is 0 Å². The molecule has 6 heteroatoms. The molecule has 2 rings (SSSR count). The van der Waals surface area contributed by atoms with Gasteiger partial charge in [-0.25, -0.2) is 4.79 Å². The lowest BCUT2D eigenvalue weighted by Crippen LogP contribution is -2.22. The van der Waals surface area contributed by atoms with Crippen LogP contribution in [0, 0.1) is 11.3 Å². The summed E-state index contributed by atoms with van der Waals surface area (Å²) in [5.74, 6) is -0.846. The first kappa shape index (κ1) is 16.0. The quantitative estimate of drug-likeness (QED) is 0.692. The van der Waals surface area contributed by atoms with E-state index < -0.39 is 11.9 Å². The van der Waals surface area contributed by atoms with Crippen LogP contribution < -0.4 is 0 Å². The number of nitriles is 1. The molecular formula is C17H14N2O4. The summed E-state index contributed by atoms with van der Waals surface area (Å²) in [4.78, 5) is 24.3. The second kappa shape index (κ2) is 6.62. The standard InChI is InChI=1S/C17H14N2O4/c1-19(2)16(20)11(10-18)9-12-7-8-15(23-12)13-5-3-4-6-14(13)17(21)22/h3-9H,1-2H3,(H,21,22)/b11-9-. The minimum absolute atomic E-state index is 0.0672. The Morgan fingerprint density at radius 2 is 1.91 bits per heavy atom. The van der Waals surface area contributed by atoms with Gasteiger partial charge in [0.2, 0.25) is 0 Å². The first-order chi connectivity index (χ1) is 10.9. The average molecular weight is 310 g/mol. The van der Waals surface area contributed by atoms with Crippen molar-refractivity contribution in [3.05, 3.63) is 53.3 Å². The van der Waals surface area contributed by atoms with Crippen molar-refractivity contribution in [3.8, 4) is 17.4 Å². The molecule has 1 N–H and O–H groups in total. The third kappa shape index (κ3) is 3.47. The Morgan fingerprint density at radius 1 is 1.22 bits per heavy atom. The lowest BCUT2D eigenvalue weighted by Gasteiger charge is -2.07. The monoisotopic (exact) mass is 310 g/mol. The summed E-state index contributed by atoms with van der Waals surface area (Å²) in [6.07, 6.45) is 1.33. The summed E-state index contributed by atoms with van der Waals surface area (Å²) in [5, 5.41) is 18.3. The zero-order valence-corrected chi connectivity index (χ0v) is 12.6. The third-order valence-electron chi connectivity index (χ3n) is 3.09. The van der Waals surface area contributed by atoms with E-state index in [0.717, 1.165) is 0 Å². The molecule has 0 bridgehead atoms. The van der Waals surface area contributed by atoms with Gasteiger partial charge in [-0.2, -0.15) is 5.26 Å². The molecule has 0 aliphatic carbocycles. The minimum Gasteiger partial charge on any atom is -0.478 e. The molecular weight excluding hydrogens is 296 g/mol. The van der Waals surface area contributed by atoms with Gasteiger partial charge in [-0.15, -0.1) is 0 Å². The lowest BCUT2D eigenvalue weighted by atomic mass is 10.1. The maximum absolute atomic E-state index is 11.8. The summed E-state index contributed by atoms with van der Waals surface area (Å²) in [6, 6.07) is 11.4. The highest BCUT2D eigenvalue weighted by Gasteiger charge is 2.15. The van der Waals surface area contributed by atoms with Crippen LogP contribution in [0.5, 0.6) is 0 Å². The van der Waals surface area contributed by atoms with Gasteiger partial charge in [-0.3, -0.25) is 4.79 Å². The van der Waals surface area contributed by atoms with Crippen molar-refractivity contribution in [2.45, 2.75) is 0 Å². The second-order valence-electron chi connectivity index (χ2n) is 4.92. The molecule has 0 radical (unpaired) electrons. The summed E-state index contributed by atoms with van der Waals surface area (Å²) < 4.78 is 5.56. The molecule has 0 spiro atoms. The van der Waals surface area contributed by atoms with Crippen LogP contribution in [-0.2, 0) is 4.79 Å². The van der Waals surface area contributed by atoms with Crippen LogP contribution in [0.1, 0.15) is 16.1 Å². The fourth-order valence-electron chi connectivity index (χ4n) is 1.98. The summed E-state index contributed by atoms with van der Waals surface area (Å²) in [5.41, 5.74) is 0.474. The van der Waals surface area contributed by atoms with Crippen molar-refractivity contribution < 1.29 is 19.1 Å². The van der Waals surface area contributed by atoms with Crippen LogP contribution in [0.25, 0.3) is 17.4 Å². The van der Waals surface area contributed by atoms with E-state index in [9.17, 15) is 14.7 Å². The number of amides is 1. The molecule has 0 fully saturated rings. The van der Waals surface area contributed by atoms with E-state index in [1.807, 2.05) is 6.07 Å². The SMILES string of the molecule is CN(C)C(=O)/C(C#N)=C\c1ccc(-c2ccccc2C(=O)O)o1. The number of carboxylic acids is 1. The molecule has 0 saturated carbocycles. The number of carbonyl (C=O) groups is 2. The van der Waals surface area contributed by atoms with E-state index in [1.54, 1.807) is 44.4 Å². The number of likely N-dealkylation sites (N-methyl/N-ethyl adjacent to an activating group) is 1. The van der Waals surface area contributed by atoms with Gasteiger partial charge < -0.3 is 14.4 Å². The lowest BCUT2D eigenvalue weighted by molar-refractivity contribution is -0.124. The van der Waals surface area contributed by atoms with Gasteiger partial charge in [-0.1, -0.05) is 18.2 Å². The Balaban J connectivity index is 2.41. The van der Waals surface area contributed by atoms with Crippen LogP contribution in [0.4, 0.5) is 0 Å². The first-order valence-corrected chi connectivity index (χ1v) is 6.70. The molecule has 1 aromatic heterocycles. The number of benzene rings is 1. The largest absolute Gasteiger partial charge is 0.478 e. The predicted octanol–water partition coefficient (Wildman–Crippen LogP) is 2.64. The van der Waals surface area contributed by atoms with E-state index in [-0.39, 0.29) is 11.1 Å². The van der Waals surface area contributed by atoms with Gasteiger partial charge in [-0.05, 0) is 18.2 Å². The molecule has 0 aliphatic heterocycles. The molecule has 0 saturated heterocycles. The highest BCUT2D eigenvalue weighted by molar-refractivity contribution is 6.01. The van der Waals surface area contributed by atoms with Gasteiger partial charge in [0, 0.05) is 25.7 Å². The Morgan fingerprint density at radius 3 is 2.52 bits per heavy atom. The van der Waals surface area contributed by atoms with Gasteiger partial charge in [0.1, 0.15) is 23.2 Å². The molecule has 0 unspecified atom stereocenters. The van der Waals surface area contributed by atoms with Gasteiger partial charge in [0.05, 0.1) is 5.56 Å². The van der Waals surface area contributed by atoms with E-state index >= 15 is 0 Å². The van der Waals surface area contributed by atoms with E-state index in [1.165, 1.54) is 17.0 Å². The van der Waals surface area contributed by atoms with Crippen molar-refractivity contribution >= 4 is 18.0 Å². The zero-order valence-electron chi connectivity index (χ0n) is 12.6. The third-order valence-corrected chi connectivity index (χ3v) is 3.09. The van der Waals surface area contributed by atoms with Crippen LogP contribution >= 0.6 is 0 Å². The Kier molecular flexibility index (Phi) is 4.62. The molecule has 23 heavy (non-hydrogen) atoms. The maximum Gasteiger partial charge on any atom is 0.336 e. The fourth-order valence-corrected chi connectivity index (χ4v) is 1.98. The van der Waals surface area contributed by atoms with E-state index in [0.29, 0.717) is 17.1 Å². The summed E-state index contributed by atoms with van der Waals surface area (Å²) in [7, 11) is 3.09. The summed E-state index contributed by atoms with van der Waals surface area (Å²) >= 11 is 0. The van der Waals surface area contributed by atoms with Crippen molar-refractivity contribution in [2.75, 3.05) is 14.1 Å². The van der Waals surface area contributed by atoms with Crippen molar-refractivity contribution in [2.24, 2.45) is 0 Å². The first-order valence-electron chi connectivity index (χ1n) is 6.70. The number of carbonyl (C=O) groups excluding carboxylic acids is 1. The summed E-state index contributed by atoms with van der Waals surface area (Å²) in [6.45, 7) is 0. The maximum atomic E-state index is 11.8. The van der Waals surface area contributed by atoms with Gasteiger partial charge >= 0.3 is 5.97 Å². The fraction of sp³-hybridized carbons (Fsp3) is 0.118. The number of carboxylic acid groups (broad SMARTS) is 1. The number of furan rings is 1. The van der Waals surface area contributed by atoms with Gasteiger partial charge in [0.15, 0.2) is 0 Å². The van der Waals surface area contributed by atoms with Crippen molar-refractivity contribution in [1.29, 1.82) is 5.26 Å². The normalized spacial score (nSPS) is 10.9. The van der Waals surface area contributed by atoms with E-state index in [2.05, 4.69) is 0 Å². The Hall–Kier alpha value is -3.33. The molecule has 0 atom stereocenters. The van der Waals surface area contributed by atoms with E-state index in [4.69, 9.17) is 9.68 Å². The van der Waals surface area contributed by atoms with Crippen LogP contribution in [0.15, 0.2) is 46.4 Å². The number of rotatable bonds is 4. The molecule has 1 heterocycles. The number of nitrogens with zero attached hydrogens (tertiary/aromatic N) is 2. The van der Waals surface area contributed by atoms with Gasteiger partial charge in [0.25, 0.3) is 5.91 Å². The molecule has 0 aliphatic rings. The highest BCUT2D eigenvalue weighted by atomic mass is 16.4. The predicted molar refractivity (Wildman–Crippen MR) is 83.4 cm³/mol. The molecule has 116 valence electrons. The number of hydrogen-bond acceptors (Lipinski definition) is 4. The second-order valence-corrected chi connectivity index (χ2v) is 4.92. The van der Waals surface area contributed by atoms with Crippen LogP contribution in [0.2, 0.25) is 0 Å². The molecule has 2 aromatic rings. The Bertz CT molecular complexity index is 825. The Labute approximate surface area is 132 Å². The van der Waals surface area contributed by atoms with Crippen LogP contribution in [-0.4, -0.2) is 36.0 Å². The molecule has 1 amide bonds. The molecule has 1 aromatic carbocycles. The highest BCUT2D eigenvalue weighted by Crippen LogP contribution is 2.26. The number of aromatic carboxylic acids is 1.